The molecule has 33 heavy (non-hydrogen) atoms. The second-order valence-electron chi connectivity index (χ2n) is 7.56. The van der Waals surface area contributed by atoms with Crippen LogP contribution in [0.15, 0.2) is 42.9 Å². The molecule has 0 bridgehead atoms. The predicted octanol–water partition coefficient (Wildman–Crippen LogP) is 3.39. The molecular weight excluding hydrogens is 452 g/mol. The van der Waals surface area contributed by atoms with Gasteiger partial charge >= 0.3 is 0 Å². The summed E-state index contributed by atoms with van der Waals surface area (Å²) in [7, 11) is -1.99. The van der Waals surface area contributed by atoms with Gasteiger partial charge in [0.1, 0.15) is 11.5 Å². The Hall–Kier alpha value is -3.60. The van der Waals surface area contributed by atoms with Gasteiger partial charge in [-0.2, -0.15) is 4.39 Å². The number of aryl methyl sites for hydroxylation is 2. The van der Waals surface area contributed by atoms with Crippen LogP contribution in [0.4, 0.5) is 14.5 Å². The van der Waals surface area contributed by atoms with Crippen LogP contribution in [-0.2, 0) is 29.3 Å². The van der Waals surface area contributed by atoms with Crippen molar-refractivity contribution in [3.63, 3.8) is 0 Å². The number of H-pyrrole nitrogens is 1. The topological polar surface area (TPSA) is 110 Å². The third kappa shape index (κ3) is 5.43. The van der Waals surface area contributed by atoms with Crippen LogP contribution in [0.5, 0.6) is 5.88 Å². The van der Waals surface area contributed by atoms with Gasteiger partial charge in [0.25, 0.3) is 0 Å². The van der Waals surface area contributed by atoms with E-state index in [1.165, 1.54) is 19.4 Å². The van der Waals surface area contributed by atoms with Gasteiger partial charge in [-0.15, -0.1) is 0 Å². The molecule has 0 amide bonds. The maximum absolute atomic E-state index is 14.8. The Labute approximate surface area is 189 Å². The van der Waals surface area contributed by atoms with Crippen LogP contribution in [0.25, 0.3) is 11.0 Å². The van der Waals surface area contributed by atoms with E-state index >= 15 is 0 Å². The number of ether oxygens (including phenoxy) is 1. The number of hydrogen-bond acceptors (Lipinski definition) is 6. The molecule has 4 rings (SSSR count). The van der Waals surface area contributed by atoms with E-state index in [-0.39, 0.29) is 6.42 Å². The SMILES string of the molecule is COc1ncc(F)cc1CCc1ccc(Cc2c[nH]c3ncc(NS(C)(=O)=O)cc23)c(F)n1. The molecule has 0 radical (unpaired) electrons. The second-order valence-corrected chi connectivity index (χ2v) is 9.31. The number of nitrogens with zero attached hydrogens (tertiary/aromatic N) is 3. The normalized spacial score (nSPS) is 11.6. The van der Waals surface area contributed by atoms with E-state index in [2.05, 4.69) is 24.7 Å². The molecule has 0 saturated carbocycles. The quantitative estimate of drug-likeness (QED) is 0.380. The summed E-state index contributed by atoms with van der Waals surface area (Å²) >= 11 is 0. The molecule has 4 heterocycles. The molecule has 0 aromatic carbocycles. The average molecular weight is 474 g/mol. The second kappa shape index (κ2) is 9.10. The Morgan fingerprint density at radius 3 is 2.61 bits per heavy atom. The van der Waals surface area contributed by atoms with Gasteiger partial charge in [-0.05, 0) is 36.6 Å². The Kier molecular flexibility index (Phi) is 6.23. The Morgan fingerprint density at radius 1 is 1.06 bits per heavy atom. The van der Waals surface area contributed by atoms with Crippen molar-refractivity contribution in [1.29, 1.82) is 0 Å². The number of methoxy groups -OCH3 is 1. The number of rotatable bonds is 8. The number of aromatic nitrogens is 4. The molecule has 0 aliphatic rings. The summed E-state index contributed by atoms with van der Waals surface area (Å²) in [5.74, 6) is -0.751. The van der Waals surface area contributed by atoms with Crippen LogP contribution in [0.2, 0.25) is 0 Å². The molecule has 0 saturated heterocycles. The lowest BCUT2D eigenvalue weighted by Gasteiger charge is -2.08. The minimum absolute atomic E-state index is 0.241. The van der Waals surface area contributed by atoms with Gasteiger partial charge in [0.05, 0.1) is 31.4 Å². The number of fused-ring (bicyclic) bond motifs is 1. The molecular formula is C22H21F2N5O3S. The van der Waals surface area contributed by atoms with Crippen LogP contribution in [0.1, 0.15) is 22.4 Å². The van der Waals surface area contributed by atoms with Gasteiger partial charge in [0.15, 0.2) is 0 Å². The predicted molar refractivity (Wildman–Crippen MR) is 120 cm³/mol. The minimum Gasteiger partial charge on any atom is -0.481 e. The zero-order valence-electron chi connectivity index (χ0n) is 17.9. The summed E-state index contributed by atoms with van der Waals surface area (Å²) < 4.78 is 58.8. The molecule has 0 aliphatic heterocycles. The Morgan fingerprint density at radius 2 is 1.88 bits per heavy atom. The first-order valence-electron chi connectivity index (χ1n) is 9.98. The van der Waals surface area contributed by atoms with Gasteiger partial charge in [-0.25, -0.2) is 27.8 Å². The standard InChI is InChI=1S/C22H21F2N5O3S/c1-32-22-14(8-16(23)11-27-22)4-6-17-5-3-13(20(24)28-17)7-15-10-25-21-19(15)9-18(12-26-21)29-33(2,30)31/h3,5,8-12,29H,4,6-7H2,1-2H3,(H,25,26). The first-order valence-corrected chi connectivity index (χ1v) is 11.9. The summed E-state index contributed by atoms with van der Waals surface area (Å²) in [6.07, 6.45) is 6.27. The Bertz CT molecular complexity index is 1420. The molecule has 4 aromatic rings. The first kappa shape index (κ1) is 22.6. The molecule has 4 aromatic heterocycles. The molecule has 172 valence electrons. The number of hydrogen-bond donors (Lipinski definition) is 2. The number of anilines is 1. The van der Waals surface area contributed by atoms with Gasteiger partial charge in [-0.1, -0.05) is 6.07 Å². The van der Waals surface area contributed by atoms with Crippen LogP contribution in [0, 0.1) is 11.8 Å². The monoisotopic (exact) mass is 473 g/mol. The smallest absolute Gasteiger partial charge is 0.229 e. The van der Waals surface area contributed by atoms with Crippen molar-refractivity contribution < 1.29 is 21.9 Å². The molecule has 0 atom stereocenters. The van der Waals surface area contributed by atoms with E-state index in [1.54, 1.807) is 24.4 Å². The lowest BCUT2D eigenvalue weighted by molar-refractivity contribution is 0.390. The zero-order chi connectivity index (χ0) is 23.6. The van der Waals surface area contributed by atoms with Crippen LogP contribution < -0.4 is 9.46 Å². The number of aromatic amines is 1. The van der Waals surface area contributed by atoms with Crippen molar-refractivity contribution in [3.8, 4) is 5.88 Å². The van der Waals surface area contributed by atoms with Gasteiger partial charge in [0, 0.05) is 34.8 Å². The van der Waals surface area contributed by atoms with Gasteiger partial charge in [-0.3, -0.25) is 4.72 Å². The molecule has 2 N–H and O–H groups in total. The van der Waals surface area contributed by atoms with E-state index in [4.69, 9.17) is 4.74 Å². The van der Waals surface area contributed by atoms with Crippen molar-refractivity contribution in [3.05, 3.63) is 77.0 Å². The van der Waals surface area contributed by atoms with Gasteiger partial charge < -0.3 is 9.72 Å². The fraction of sp³-hybridized carbons (Fsp3) is 0.227. The van der Waals surface area contributed by atoms with Gasteiger partial charge in [0.2, 0.25) is 21.9 Å². The molecule has 0 spiro atoms. The van der Waals surface area contributed by atoms with E-state index in [0.717, 1.165) is 18.0 Å². The molecule has 8 nitrogen and oxygen atoms in total. The van der Waals surface area contributed by atoms with E-state index in [0.29, 0.717) is 52.3 Å². The number of halogens is 2. The highest BCUT2D eigenvalue weighted by molar-refractivity contribution is 7.92. The van der Waals surface area contributed by atoms with Crippen molar-refractivity contribution in [2.75, 3.05) is 18.1 Å². The molecule has 11 heteroatoms. The van der Waals surface area contributed by atoms with E-state index in [1.807, 2.05) is 0 Å². The van der Waals surface area contributed by atoms with Crippen molar-refractivity contribution in [2.24, 2.45) is 0 Å². The van der Waals surface area contributed by atoms with Crippen LogP contribution >= 0.6 is 0 Å². The number of sulfonamides is 1. The summed E-state index contributed by atoms with van der Waals surface area (Å²) in [5.41, 5.74) is 3.11. The lowest BCUT2D eigenvalue weighted by Crippen LogP contribution is -2.09. The minimum atomic E-state index is -3.45. The largest absolute Gasteiger partial charge is 0.481 e. The third-order valence-corrected chi connectivity index (χ3v) is 5.63. The highest BCUT2D eigenvalue weighted by Crippen LogP contribution is 2.24. The Balaban J connectivity index is 1.51. The van der Waals surface area contributed by atoms with E-state index in [9.17, 15) is 17.2 Å². The number of pyridine rings is 3. The van der Waals surface area contributed by atoms with Crippen molar-refractivity contribution >= 4 is 26.7 Å². The fourth-order valence-corrected chi connectivity index (χ4v) is 4.08. The van der Waals surface area contributed by atoms with Crippen molar-refractivity contribution in [1.82, 2.24) is 19.9 Å². The summed E-state index contributed by atoms with van der Waals surface area (Å²) in [4.78, 5) is 15.2. The zero-order valence-corrected chi connectivity index (χ0v) is 18.7. The third-order valence-electron chi connectivity index (χ3n) is 5.02. The van der Waals surface area contributed by atoms with Crippen molar-refractivity contribution in [2.45, 2.75) is 19.3 Å². The fourth-order valence-electron chi connectivity index (χ4n) is 3.55. The van der Waals surface area contributed by atoms with Crippen LogP contribution in [0.3, 0.4) is 0 Å². The molecule has 0 fully saturated rings. The lowest BCUT2D eigenvalue weighted by atomic mass is 10.0. The maximum Gasteiger partial charge on any atom is 0.229 e. The highest BCUT2D eigenvalue weighted by atomic mass is 32.2. The average Bonchev–Trinajstić information content (AvgIpc) is 3.15. The summed E-state index contributed by atoms with van der Waals surface area (Å²) in [6.45, 7) is 0. The maximum atomic E-state index is 14.8. The molecule has 0 unspecified atom stereocenters. The first-order chi connectivity index (χ1) is 15.7. The molecule has 0 aliphatic carbocycles. The summed E-state index contributed by atoms with van der Waals surface area (Å²) in [5, 5.41) is 0.679. The van der Waals surface area contributed by atoms with E-state index < -0.39 is 21.8 Å². The van der Waals surface area contributed by atoms with Crippen LogP contribution in [-0.4, -0.2) is 41.7 Å². The highest BCUT2D eigenvalue weighted by Gasteiger charge is 2.13. The summed E-state index contributed by atoms with van der Waals surface area (Å²) in [6, 6.07) is 6.37. The number of nitrogens with one attached hydrogen (secondary N) is 2.